The van der Waals surface area contributed by atoms with Crippen molar-refractivity contribution in [3.63, 3.8) is 0 Å². The van der Waals surface area contributed by atoms with Crippen LogP contribution in [0.4, 0.5) is 0 Å². The van der Waals surface area contributed by atoms with E-state index < -0.39 is 5.97 Å². The molecule has 1 heterocycles. The monoisotopic (exact) mass is 257 g/mol. The molecule has 0 aromatic carbocycles. The number of hydrogen-bond acceptors (Lipinski definition) is 4. The highest BCUT2D eigenvalue weighted by molar-refractivity contribution is 7.99. The number of hydrogen-bond donors (Lipinski definition) is 2. The van der Waals surface area contributed by atoms with Gasteiger partial charge >= 0.3 is 5.97 Å². The lowest BCUT2D eigenvalue weighted by atomic mass is 10.2. The molecule has 0 saturated heterocycles. The van der Waals surface area contributed by atoms with Gasteiger partial charge in [0.1, 0.15) is 5.76 Å². The highest BCUT2D eigenvalue weighted by atomic mass is 32.2. The Morgan fingerprint density at radius 3 is 2.94 bits per heavy atom. The second kappa shape index (κ2) is 7.01. The molecule has 0 aliphatic carbocycles. The van der Waals surface area contributed by atoms with Crippen molar-refractivity contribution in [3.05, 3.63) is 23.7 Å². The molecule has 1 aromatic rings. The van der Waals surface area contributed by atoms with Gasteiger partial charge in [0.15, 0.2) is 0 Å². The molecule has 2 N–H and O–H groups in total. The van der Waals surface area contributed by atoms with Gasteiger partial charge in [-0.1, -0.05) is 6.92 Å². The molecule has 17 heavy (non-hydrogen) atoms. The van der Waals surface area contributed by atoms with Gasteiger partial charge in [0.25, 0.3) is 5.91 Å². The zero-order valence-electron chi connectivity index (χ0n) is 9.56. The minimum Gasteiger partial charge on any atom is -0.481 e. The highest BCUT2D eigenvalue weighted by Gasteiger charge is 2.12. The van der Waals surface area contributed by atoms with Gasteiger partial charge in [-0.05, 0) is 6.07 Å². The topological polar surface area (TPSA) is 79.5 Å². The van der Waals surface area contributed by atoms with Crippen molar-refractivity contribution in [2.24, 2.45) is 0 Å². The van der Waals surface area contributed by atoms with Gasteiger partial charge in [-0.2, -0.15) is 0 Å². The van der Waals surface area contributed by atoms with Crippen LogP contribution in [0, 0.1) is 0 Å². The summed E-state index contributed by atoms with van der Waals surface area (Å²) < 4.78 is 5.15. The van der Waals surface area contributed by atoms with Gasteiger partial charge in [-0.15, -0.1) is 11.8 Å². The quantitative estimate of drug-likeness (QED) is 0.722. The second-order valence-electron chi connectivity index (χ2n) is 3.31. The molecule has 0 fully saturated rings. The molecule has 0 aliphatic rings. The smallest absolute Gasteiger partial charge is 0.313 e. The van der Waals surface area contributed by atoms with Crippen molar-refractivity contribution in [3.8, 4) is 0 Å². The van der Waals surface area contributed by atoms with Crippen molar-refractivity contribution in [1.82, 2.24) is 5.32 Å². The Labute approximate surface area is 104 Å². The molecule has 0 bridgehead atoms. The second-order valence-corrected chi connectivity index (χ2v) is 4.42. The first kappa shape index (κ1) is 13.6. The molecule has 6 heteroatoms. The first-order valence-electron chi connectivity index (χ1n) is 5.29. The van der Waals surface area contributed by atoms with Crippen molar-refractivity contribution < 1.29 is 19.1 Å². The Balaban J connectivity index is 2.28. The molecular weight excluding hydrogens is 242 g/mol. The summed E-state index contributed by atoms with van der Waals surface area (Å²) >= 11 is 1.27. The van der Waals surface area contributed by atoms with E-state index in [-0.39, 0.29) is 11.7 Å². The summed E-state index contributed by atoms with van der Waals surface area (Å²) in [5.41, 5.74) is 0.552. The third-order valence-electron chi connectivity index (χ3n) is 2.07. The maximum Gasteiger partial charge on any atom is 0.313 e. The summed E-state index contributed by atoms with van der Waals surface area (Å²) in [6.07, 6.45) is 2.16. The predicted molar refractivity (Wildman–Crippen MR) is 65.4 cm³/mol. The average molecular weight is 257 g/mol. The lowest BCUT2D eigenvalue weighted by molar-refractivity contribution is -0.133. The zero-order valence-corrected chi connectivity index (χ0v) is 10.4. The Kier molecular flexibility index (Phi) is 5.62. The molecule has 1 aromatic heterocycles. The number of amides is 1. The van der Waals surface area contributed by atoms with Crippen LogP contribution in [0.3, 0.4) is 0 Å². The Morgan fingerprint density at radius 1 is 1.53 bits per heavy atom. The highest BCUT2D eigenvalue weighted by Crippen LogP contribution is 2.10. The summed E-state index contributed by atoms with van der Waals surface area (Å²) in [5.74, 6) is 0.288. The zero-order chi connectivity index (χ0) is 12.7. The molecular formula is C11H15NO4S. The van der Waals surface area contributed by atoms with E-state index in [9.17, 15) is 9.59 Å². The summed E-state index contributed by atoms with van der Waals surface area (Å²) in [4.78, 5) is 21.9. The lowest BCUT2D eigenvalue weighted by Crippen LogP contribution is -2.26. The Bertz CT molecular complexity index is 389. The van der Waals surface area contributed by atoms with Crippen LogP contribution >= 0.6 is 11.8 Å². The maximum absolute atomic E-state index is 11.7. The van der Waals surface area contributed by atoms with Gasteiger partial charge in [0, 0.05) is 18.7 Å². The predicted octanol–water partition coefficient (Wildman–Crippen LogP) is 1.39. The van der Waals surface area contributed by atoms with Gasteiger partial charge in [0.05, 0.1) is 17.6 Å². The third kappa shape index (κ3) is 4.52. The molecule has 0 unspecified atom stereocenters. The molecule has 1 rings (SSSR count). The molecule has 0 radical (unpaired) electrons. The summed E-state index contributed by atoms with van der Waals surface area (Å²) in [5, 5.41) is 11.1. The van der Waals surface area contributed by atoms with E-state index in [1.165, 1.54) is 18.0 Å². The number of furan rings is 1. The number of carboxylic acid groups (broad SMARTS) is 1. The van der Waals surface area contributed by atoms with E-state index in [0.717, 1.165) is 0 Å². The Morgan fingerprint density at radius 2 is 2.29 bits per heavy atom. The SMILES string of the molecule is CCc1occc1C(=O)NCCSCC(=O)O. The van der Waals surface area contributed by atoms with Crippen LogP contribution < -0.4 is 5.32 Å². The summed E-state index contributed by atoms with van der Waals surface area (Å²) in [6.45, 7) is 2.36. The standard InChI is InChI=1S/C11H15NO4S/c1-2-9-8(3-5-16-9)11(15)12-4-6-17-7-10(13)14/h3,5H,2,4,6-7H2,1H3,(H,12,15)(H,13,14). The van der Waals surface area contributed by atoms with Crippen LogP contribution in [0.5, 0.6) is 0 Å². The van der Waals surface area contributed by atoms with E-state index in [1.54, 1.807) is 6.07 Å². The molecule has 0 atom stereocenters. The first-order chi connectivity index (χ1) is 8.15. The molecule has 94 valence electrons. The van der Waals surface area contributed by atoms with E-state index in [2.05, 4.69) is 5.32 Å². The number of carbonyl (C=O) groups is 2. The van der Waals surface area contributed by atoms with E-state index >= 15 is 0 Å². The molecule has 5 nitrogen and oxygen atoms in total. The summed E-state index contributed by atoms with van der Waals surface area (Å²) in [6, 6.07) is 1.64. The summed E-state index contributed by atoms with van der Waals surface area (Å²) in [7, 11) is 0. The number of aliphatic carboxylic acids is 1. The van der Waals surface area contributed by atoms with Crippen molar-refractivity contribution in [2.75, 3.05) is 18.1 Å². The minimum absolute atomic E-state index is 0.0573. The van der Waals surface area contributed by atoms with Crippen LogP contribution in [-0.4, -0.2) is 35.0 Å². The maximum atomic E-state index is 11.7. The van der Waals surface area contributed by atoms with Crippen LogP contribution in [0.25, 0.3) is 0 Å². The van der Waals surface area contributed by atoms with Gasteiger partial charge in [0.2, 0.25) is 0 Å². The van der Waals surface area contributed by atoms with Gasteiger partial charge < -0.3 is 14.8 Å². The number of carboxylic acids is 1. The molecule has 1 amide bonds. The van der Waals surface area contributed by atoms with E-state index in [1.807, 2.05) is 6.92 Å². The van der Waals surface area contributed by atoms with Crippen molar-refractivity contribution >= 4 is 23.6 Å². The van der Waals surface area contributed by atoms with Crippen LogP contribution in [-0.2, 0) is 11.2 Å². The molecule has 0 saturated carbocycles. The fraction of sp³-hybridized carbons (Fsp3) is 0.455. The number of nitrogens with one attached hydrogen (secondary N) is 1. The van der Waals surface area contributed by atoms with Crippen LogP contribution in [0.2, 0.25) is 0 Å². The number of aryl methyl sites for hydroxylation is 1. The normalized spacial score (nSPS) is 10.2. The van der Waals surface area contributed by atoms with Crippen LogP contribution in [0.15, 0.2) is 16.7 Å². The van der Waals surface area contributed by atoms with E-state index in [4.69, 9.17) is 9.52 Å². The first-order valence-corrected chi connectivity index (χ1v) is 6.44. The van der Waals surface area contributed by atoms with E-state index in [0.29, 0.717) is 30.0 Å². The van der Waals surface area contributed by atoms with Gasteiger partial charge in [-0.3, -0.25) is 9.59 Å². The number of rotatable bonds is 7. The van der Waals surface area contributed by atoms with Crippen molar-refractivity contribution in [2.45, 2.75) is 13.3 Å². The lowest BCUT2D eigenvalue weighted by Gasteiger charge is -2.03. The number of carbonyl (C=O) groups excluding carboxylic acids is 1. The van der Waals surface area contributed by atoms with Crippen LogP contribution in [0.1, 0.15) is 23.0 Å². The van der Waals surface area contributed by atoms with Crippen molar-refractivity contribution in [1.29, 1.82) is 0 Å². The largest absolute Gasteiger partial charge is 0.481 e. The fourth-order valence-electron chi connectivity index (χ4n) is 1.31. The third-order valence-corrected chi connectivity index (χ3v) is 3.01. The Hall–Kier alpha value is -1.43. The average Bonchev–Trinajstić information content (AvgIpc) is 2.75. The minimum atomic E-state index is -0.843. The van der Waals surface area contributed by atoms with Gasteiger partial charge in [-0.25, -0.2) is 0 Å². The molecule has 0 spiro atoms. The number of thioether (sulfide) groups is 1. The molecule has 0 aliphatic heterocycles. The fourth-order valence-corrected chi connectivity index (χ4v) is 1.87.